The Bertz CT molecular complexity index is 650. The fourth-order valence-electron chi connectivity index (χ4n) is 1.96. The summed E-state index contributed by atoms with van der Waals surface area (Å²) in [5, 5.41) is 5.27. The lowest BCUT2D eigenvalue weighted by atomic mass is 10.1. The van der Waals surface area contributed by atoms with Crippen molar-refractivity contribution in [3.63, 3.8) is 0 Å². The topological polar surface area (TPSA) is 88.4 Å². The van der Waals surface area contributed by atoms with Crippen LogP contribution >= 0.6 is 0 Å². The van der Waals surface area contributed by atoms with Gasteiger partial charge in [-0.2, -0.15) is 0 Å². The molecule has 6 heteroatoms. The number of ketones is 1. The maximum absolute atomic E-state index is 11.9. The lowest BCUT2D eigenvalue weighted by Gasteiger charge is -2.06. The fraction of sp³-hybridized carbons (Fsp3) is 0.235. The van der Waals surface area contributed by atoms with E-state index < -0.39 is 0 Å². The number of Topliss-reactive ketones (excluding diaryl/α,β-unsaturated/α-hetero) is 1. The summed E-state index contributed by atoms with van der Waals surface area (Å²) in [6, 6.07) is 12.0. The molecular formula is C17H18N2O4. The van der Waals surface area contributed by atoms with Gasteiger partial charge in [0.15, 0.2) is 11.5 Å². The Balaban J connectivity index is 1.60. The highest BCUT2D eigenvalue weighted by Crippen LogP contribution is 2.04. The molecule has 120 valence electrons. The van der Waals surface area contributed by atoms with Crippen molar-refractivity contribution in [3.05, 3.63) is 60.1 Å². The van der Waals surface area contributed by atoms with Crippen LogP contribution in [0.4, 0.5) is 0 Å². The van der Waals surface area contributed by atoms with E-state index >= 15 is 0 Å². The van der Waals surface area contributed by atoms with Gasteiger partial charge in [0.1, 0.15) is 0 Å². The monoisotopic (exact) mass is 314 g/mol. The maximum atomic E-state index is 11.9. The summed E-state index contributed by atoms with van der Waals surface area (Å²) in [5.41, 5.74) is 0.603. The normalized spacial score (nSPS) is 10.1. The minimum atomic E-state index is -0.330. The molecule has 1 heterocycles. The SMILES string of the molecule is O=C(CCC(=O)c1ccccc1)NCCNC(=O)c1ccco1. The van der Waals surface area contributed by atoms with Gasteiger partial charge >= 0.3 is 0 Å². The third-order valence-electron chi connectivity index (χ3n) is 3.15. The molecule has 0 radical (unpaired) electrons. The summed E-state index contributed by atoms with van der Waals surface area (Å²) in [6.07, 6.45) is 1.70. The number of amides is 2. The van der Waals surface area contributed by atoms with Gasteiger partial charge in [-0.15, -0.1) is 0 Å². The average molecular weight is 314 g/mol. The quantitative estimate of drug-likeness (QED) is 0.574. The van der Waals surface area contributed by atoms with Crippen molar-refractivity contribution in [2.75, 3.05) is 13.1 Å². The molecule has 2 aromatic rings. The Morgan fingerprint density at radius 2 is 1.61 bits per heavy atom. The Labute approximate surface area is 133 Å². The molecule has 2 N–H and O–H groups in total. The molecule has 2 amide bonds. The van der Waals surface area contributed by atoms with Crippen LogP contribution < -0.4 is 10.6 Å². The Morgan fingerprint density at radius 3 is 2.30 bits per heavy atom. The van der Waals surface area contributed by atoms with Crippen LogP contribution in [-0.4, -0.2) is 30.7 Å². The van der Waals surface area contributed by atoms with E-state index in [-0.39, 0.29) is 42.7 Å². The zero-order valence-corrected chi connectivity index (χ0v) is 12.6. The van der Waals surface area contributed by atoms with Gasteiger partial charge in [0, 0.05) is 31.5 Å². The van der Waals surface area contributed by atoms with Gasteiger partial charge < -0.3 is 15.1 Å². The molecule has 0 unspecified atom stereocenters. The van der Waals surface area contributed by atoms with E-state index in [4.69, 9.17) is 4.42 Å². The van der Waals surface area contributed by atoms with Crippen LogP contribution in [0.1, 0.15) is 33.8 Å². The molecule has 0 aliphatic heterocycles. The highest BCUT2D eigenvalue weighted by Gasteiger charge is 2.09. The summed E-state index contributed by atoms with van der Waals surface area (Å²) in [4.78, 5) is 35.1. The van der Waals surface area contributed by atoms with Crippen LogP contribution in [0.15, 0.2) is 53.1 Å². The van der Waals surface area contributed by atoms with Crippen molar-refractivity contribution in [1.29, 1.82) is 0 Å². The zero-order valence-electron chi connectivity index (χ0n) is 12.6. The predicted molar refractivity (Wildman–Crippen MR) is 84.1 cm³/mol. The largest absolute Gasteiger partial charge is 0.459 e. The van der Waals surface area contributed by atoms with Crippen molar-refractivity contribution in [1.82, 2.24) is 10.6 Å². The summed E-state index contributed by atoms with van der Waals surface area (Å²) in [7, 11) is 0. The molecule has 0 fully saturated rings. The number of carbonyl (C=O) groups excluding carboxylic acids is 3. The number of furan rings is 1. The number of carbonyl (C=O) groups is 3. The van der Waals surface area contributed by atoms with Gasteiger partial charge in [0.25, 0.3) is 5.91 Å². The van der Waals surface area contributed by atoms with Crippen LogP contribution in [0.5, 0.6) is 0 Å². The average Bonchev–Trinajstić information content (AvgIpc) is 3.12. The molecule has 6 nitrogen and oxygen atoms in total. The van der Waals surface area contributed by atoms with E-state index in [2.05, 4.69) is 10.6 Å². The van der Waals surface area contributed by atoms with E-state index in [0.29, 0.717) is 12.1 Å². The predicted octanol–water partition coefficient (Wildman–Crippen LogP) is 1.79. The Hall–Kier alpha value is -2.89. The highest BCUT2D eigenvalue weighted by molar-refractivity contribution is 5.97. The molecule has 0 atom stereocenters. The van der Waals surface area contributed by atoms with Gasteiger partial charge in [-0.3, -0.25) is 14.4 Å². The molecule has 0 aliphatic carbocycles. The van der Waals surface area contributed by atoms with E-state index in [9.17, 15) is 14.4 Å². The Morgan fingerprint density at radius 1 is 0.870 bits per heavy atom. The van der Waals surface area contributed by atoms with Gasteiger partial charge in [0.05, 0.1) is 6.26 Å². The summed E-state index contributed by atoms with van der Waals surface area (Å²) in [5.74, 6) is -0.387. The van der Waals surface area contributed by atoms with Crippen molar-refractivity contribution >= 4 is 17.6 Å². The zero-order chi connectivity index (χ0) is 16.5. The first kappa shape index (κ1) is 16.5. The molecule has 23 heavy (non-hydrogen) atoms. The first-order valence-corrected chi connectivity index (χ1v) is 7.33. The highest BCUT2D eigenvalue weighted by atomic mass is 16.3. The molecule has 0 saturated heterocycles. The van der Waals surface area contributed by atoms with Gasteiger partial charge in [-0.25, -0.2) is 0 Å². The van der Waals surface area contributed by atoms with Gasteiger partial charge in [-0.05, 0) is 12.1 Å². The van der Waals surface area contributed by atoms with E-state index in [1.165, 1.54) is 6.26 Å². The standard InChI is InChI=1S/C17H18N2O4/c20-14(13-5-2-1-3-6-13)8-9-16(21)18-10-11-19-17(22)15-7-4-12-23-15/h1-7,12H,8-11H2,(H,18,21)(H,19,22). The molecule has 0 aliphatic rings. The van der Waals surface area contributed by atoms with Crippen LogP contribution in [0.2, 0.25) is 0 Å². The van der Waals surface area contributed by atoms with E-state index in [0.717, 1.165) is 0 Å². The second kappa shape index (κ2) is 8.53. The first-order valence-electron chi connectivity index (χ1n) is 7.33. The molecule has 0 saturated carbocycles. The van der Waals surface area contributed by atoms with Crippen molar-refractivity contribution in [3.8, 4) is 0 Å². The van der Waals surface area contributed by atoms with Gasteiger partial charge in [0.2, 0.25) is 5.91 Å². The molecule has 2 rings (SSSR count). The van der Waals surface area contributed by atoms with Crippen LogP contribution in [0.3, 0.4) is 0 Å². The van der Waals surface area contributed by atoms with Gasteiger partial charge in [-0.1, -0.05) is 30.3 Å². The van der Waals surface area contributed by atoms with E-state index in [1.54, 1.807) is 36.4 Å². The number of nitrogens with one attached hydrogen (secondary N) is 2. The molecule has 0 bridgehead atoms. The number of benzene rings is 1. The fourth-order valence-corrected chi connectivity index (χ4v) is 1.96. The second-order valence-corrected chi connectivity index (χ2v) is 4.87. The number of rotatable bonds is 8. The van der Waals surface area contributed by atoms with Crippen LogP contribution in [0.25, 0.3) is 0 Å². The van der Waals surface area contributed by atoms with Crippen molar-refractivity contribution in [2.24, 2.45) is 0 Å². The minimum absolute atomic E-state index is 0.0631. The third-order valence-corrected chi connectivity index (χ3v) is 3.15. The first-order chi connectivity index (χ1) is 11.2. The molecule has 0 spiro atoms. The van der Waals surface area contributed by atoms with Crippen LogP contribution in [-0.2, 0) is 4.79 Å². The number of hydrogen-bond acceptors (Lipinski definition) is 4. The summed E-state index contributed by atoms with van der Waals surface area (Å²) < 4.78 is 4.94. The summed E-state index contributed by atoms with van der Waals surface area (Å²) >= 11 is 0. The van der Waals surface area contributed by atoms with Crippen molar-refractivity contribution < 1.29 is 18.8 Å². The molecule has 1 aromatic heterocycles. The Kier molecular flexibility index (Phi) is 6.11. The molecule has 1 aromatic carbocycles. The van der Waals surface area contributed by atoms with Crippen LogP contribution in [0, 0.1) is 0 Å². The summed E-state index contributed by atoms with van der Waals surface area (Å²) in [6.45, 7) is 0.586. The third kappa shape index (κ3) is 5.43. The maximum Gasteiger partial charge on any atom is 0.287 e. The van der Waals surface area contributed by atoms with Crippen molar-refractivity contribution in [2.45, 2.75) is 12.8 Å². The lowest BCUT2D eigenvalue weighted by molar-refractivity contribution is -0.121. The lowest BCUT2D eigenvalue weighted by Crippen LogP contribution is -2.34. The molecular weight excluding hydrogens is 296 g/mol. The van der Waals surface area contributed by atoms with E-state index in [1.807, 2.05) is 6.07 Å². The smallest absolute Gasteiger partial charge is 0.287 e. The second-order valence-electron chi connectivity index (χ2n) is 4.87. The minimum Gasteiger partial charge on any atom is -0.459 e. The number of hydrogen-bond donors (Lipinski definition) is 2.